The first-order chi connectivity index (χ1) is 10.7. The highest BCUT2D eigenvalue weighted by Crippen LogP contribution is 2.26. The van der Waals surface area contributed by atoms with Gasteiger partial charge in [0.2, 0.25) is 0 Å². The summed E-state index contributed by atoms with van der Waals surface area (Å²) in [4.78, 5) is 12.0. The second-order valence-corrected chi connectivity index (χ2v) is 6.02. The van der Waals surface area contributed by atoms with Gasteiger partial charge in [0.25, 0.3) is 0 Å². The average Bonchev–Trinajstić information content (AvgIpc) is 2.97. The molecule has 116 valence electrons. The minimum absolute atomic E-state index is 0.0817. The molecule has 0 bridgehead atoms. The van der Waals surface area contributed by atoms with Crippen molar-refractivity contribution in [1.29, 1.82) is 0 Å². The number of amides is 2. The highest BCUT2D eigenvalue weighted by molar-refractivity contribution is 7.10. The molecule has 4 N–H and O–H groups in total. The zero-order valence-corrected chi connectivity index (χ0v) is 12.9. The molecule has 2 amide bonds. The molecule has 0 radical (unpaired) electrons. The van der Waals surface area contributed by atoms with E-state index in [0.29, 0.717) is 17.3 Å². The van der Waals surface area contributed by atoms with Crippen LogP contribution in [-0.4, -0.2) is 29.7 Å². The number of carbonyl (C=O) groups excluding carboxylic acids is 1. The number of aromatic nitrogens is 1. The maximum absolute atomic E-state index is 12.0. The van der Waals surface area contributed by atoms with Gasteiger partial charge in [-0.15, -0.1) is 0 Å². The highest BCUT2D eigenvalue weighted by Gasteiger charge is 2.16. The summed E-state index contributed by atoms with van der Waals surface area (Å²) >= 11 is 1.25. The molecule has 1 aromatic carbocycles. The lowest BCUT2D eigenvalue weighted by molar-refractivity contribution is 0.0739. The van der Waals surface area contributed by atoms with Gasteiger partial charge in [-0.1, -0.05) is 12.1 Å². The number of anilines is 2. The lowest BCUT2D eigenvalue weighted by atomic mass is 10.1. The standard InChI is InChI=1S/C15H18N4O2S/c16-11-5-3-10(4-6-11)13-8-14(22-19-13)18-15(20)17-12-2-1-7-21-9-12/h3-6,8,12H,1-2,7,9,16H2,(H2,17,18,20)/t12-/m0/s1. The Bertz CT molecular complexity index is 635. The van der Waals surface area contributed by atoms with E-state index in [1.165, 1.54) is 11.5 Å². The number of nitrogens with zero attached hydrogens (tertiary/aromatic N) is 1. The molecule has 1 fully saturated rings. The van der Waals surface area contributed by atoms with Crippen LogP contribution in [0, 0.1) is 0 Å². The number of urea groups is 1. The van der Waals surface area contributed by atoms with Crippen molar-refractivity contribution in [3.63, 3.8) is 0 Å². The Morgan fingerprint density at radius 1 is 1.36 bits per heavy atom. The van der Waals surface area contributed by atoms with Gasteiger partial charge in [-0.3, -0.25) is 5.32 Å². The fourth-order valence-corrected chi connectivity index (χ4v) is 2.97. The maximum Gasteiger partial charge on any atom is 0.320 e. The van der Waals surface area contributed by atoms with Gasteiger partial charge in [0.15, 0.2) is 0 Å². The fraction of sp³-hybridized carbons (Fsp3) is 0.333. The summed E-state index contributed by atoms with van der Waals surface area (Å²) < 4.78 is 9.69. The molecule has 1 aromatic heterocycles. The first-order valence-corrected chi connectivity index (χ1v) is 7.96. The minimum Gasteiger partial charge on any atom is -0.399 e. The predicted octanol–water partition coefficient (Wildman–Crippen LogP) is 2.69. The van der Waals surface area contributed by atoms with Gasteiger partial charge >= 0.3 is 6.03 Å². The Morgan fingerprint density at radius 2 is 2.18 bits per heavy atom. The third-order valence-corrected chi connectivity index (χ3v) is 4.15. The molecule has 3 rings (SSSR count). The third kappa shape index (κ3) is 3.75. The molecule has 1 aliphatic rings. The van der Waals surface area contributed by atoms with E-state index >= 15 is 0 Å². The van der Waals surface area contributed by atoms with Crippen LogP contribution >= 0.6 is 11.5 Å². The number of nitrogen functional groups attached to an aromatic ring is 1. The molecule has 1 aliphatic heterocycles. The molecule has 1 saturated heterocycles. The van der Waals surface area contributed by atoms with Crippen LogP contribution in [0.1, 0.15) is 12.8 Å². The normalized spacial score (nSPS) is 17.9. The average molecular weight is 318 g/mol. The first kappa shape index (κ1) is 14.8. The summed E-state index contributed by atoms with van der Waals surface area (Å²) in [5.74, 6) is 0. The molecule has 7 heteroatoms. The number of hydrogen-bond donors (Lipinski definition) is 3. The van der Waals surface area contributed by atoms with Gasteiger partial charge < -0.3 is 15.8 Å². The predicted molar refractivity (Wildman–Crippen MR) is 88.0 cm³/mol. The van der Waals surface area contributed by atoms with Crippen molar-refractivity contribution in [2.45, 2.75) is 18.9 Å². The summed E-state index contributed by atoms with van der Waals surface area (Å²) in [7, 11) is 0. The first-order valence-electron chi connectivity index (χ1n) is 7.18. The lowest BCUT2D eigenvalue weighted by Gasteiger charge is -2.22. The molecule has 2 heterocycles. The fourth-order valence-electron chi connectivity index (χ4n) is 2.31. The van der Waals surface area contributed by atoms with Crippen LogP contribution in [0.3, 0.4) is 0 Å². The summed E-state index contributed by atoms with van der Waals surface area (Å²) in [6.45, 7) is 1.35. The maximum atomic E-state index is 12.0. The van der Waals surface area contributed by atoms with Gasteiger partial charge in [0, 0.05) is 23.9 Å². The molecule has 22 heavy (non-hydrogen) atoms. The summed E-state index contributed by atoms with van der Waals surface area (Å²) in [5.41, 5.74) is 8.18. The lowest BCUT2D eigenvalue weighted by Crippen LogP contribution is -2.42. The molecular weight excluding hydrogens is 300 g/mol. The topological polar surface area (TPSA) is 89.3 Å². The van der Waals surface area contributed by atoms with Crippen molar-refractivity contribution in [3.8, 4) is 11.3 Å². The van der Waals surface area contributed by atoms with Crippen LogP contribution in [0.5, 0.6) is 0 Å². The van der Waals surface area contributed by atoms with Crippen LogP contribution in [0.25, 0.3) is 11.3 Å². The van der Waals surface area contributed by atoms with E-state index in [1.54, 1.807) is 0 Å². The smallest absolute Gasteiger partial charge is 0.320 e. The summed E-state index contributed by atoms with van der Waals surface area (Å²) in [6.07, 6.45) is 1.93. The minimum atomic E-state index is -0.219. The number of carbonyl (C=O) groups is 1. The van der Waals surface area contributed by atoms with Crippen molar-refractivity contribution in [1.82, 2.24) is 9.69 Å². The number of nitrogens with two attached hydrogens (primary N) is 1. The van der Waals surface area contributed by atoms with Crippen LogP contribution < -0.4 is 16.4 Å². The molecule has 0 unspecified atom stereocenters. The van der Waals surface area contributed by atoms with Crippen molar-refractivity contribution in [2.24, 2.45) is 0 Å². The molecule has 6 nitrogen and oxygen atoms in total. The van der Waals surface area contributed by atoms with E-state index in [2.05, 4.69) is 15.0 Å². The molecule has 0 spiro atoms. The van der Waals surface area contributed by atoms with Crippen LogP contribution in [-0.2, 0) is 4.74 Å². The van der Waals surface area contributed by atoms with Gasteiger partial charge in [0.1, 0.15) is 5.00 Å². The Hall–Kier alpha value is -2.12. The molecule has 2 aromatic rings. The van der Waals surface area contributed by atoms with E-state index in [-0.39, 0.29) is 12.1 Å². The van der Waals surface area contributed by atoms with Crippen molar-refractivity contribution in [3.05, 3.63) is 30.3 Å². The monoisotopic (exact) mass is 318 g/mol. The van der Waals surface area contributed by atoms with Gasteiger partial charge in [-0.2, -0.15) is 4.37 Å². The van der Waals surface area contributed by atoms with Crippen LogP contribution in [0.2, 0.25) is 0 Å². The summed E-state index contributed by atoms with van der Waals surface area (Å²) in [6, 6.07) is 9.20. The number of ether oxygens (including phenoxy) is 1. The second kappa shape index (κ2) is 6.76. The summed E-state index contributed by atoms with van der Waals surface area (Å²) in [5, 5.41) is 6.44. The number of nitrogens with one attached hydrogen (secondary N) is 2. The SMILES string of the molecule is Nc1ccc(-c2cc(NC(=O)N[C@H]3CCCOC3)sn2)cc1. The zero-order valence-electron chi connectivity index (χ0n) is 12.0. The van der Waals surface area contributed by atoms with E-state index in [0.717, 1.165) is 30.7 Å². The Balaban J connectivity index is 1.59. The zero-order chi connectivity index (χ0) is 15.4. The van der Waals surface area contributed by atoms with Crippen molar-refractivity contribution >= 4 is 28.3 Å². The van der Waals surface area contributed by atoms with E-state index in [1.807, 2.05) is 30.3 Å². The molecule has 0 saturated carbocycles. The van der Waals surface area contributed by atoms with Crippen LogP contribution in [0.4, 0.5) is 15.5 Å². The Morgan fingerprint density at radius 3 is 2.91 bits per heavy atom. The third-order valence-electron chi connectivity index (χ3n) is 3.45. The number of hydrogen-bond acceptors (Lipinski definition) is 5. The van der Waals surface area contributed by atoms with E-state index in [9.17, 15) is 4.79 Å². The van der Waals surface area contributed by atoms with Crippen molar-refractivity contribution in [2.75, 3.05) is 24.3 Å². The van der Waals surface area contributed by atoms with E-state index < -0.39 is 0 Å². The molecule has 0 aliphatic carbocycles. The molecular formula is C15H18N4O2S. The van der Waals surface area contributed by atoms with Crippen molar-refractivity contribution < 1.29 is 9.53 Å². The second-order valence-electron chi connectivity index (χ2n) is 5.21. The quantitative estimate of drug-likeness (QED) is 0.759. The van der Waals surface area contributed by atoms with Gasteiger partial charge in [-0.25, -0.2) is 4.79 Å². The van der Waals surface area contributed by atoms with Gasteiger partial charge in [-0.05, 0) is 36.5 Å². The largest absolute Gasteiger partial charge is 0.399 e. The Labute approximate surface area is 132 Å². The molecule has 1 atom stereocenters. The van der Waals surface area contributed by atoms with Crippen LogP contribution in [0.15, 0.2) is 30.3 Å². The highest BCUT2D eigenvalue weighted by atomic mass is 32.1. The Kier molecular flexibility index (Phi) is 4.55. The number of rotatable bonds is 3. The number of benzene rings is 1. The van der Waals surface area contributed by atoms with E-state index in [4.69, 9.17) is 10.5 Å². The van der Waals surface area contributed by atoms with Gasteiger partial charge in [0.05, 0.1) is 18.3 Å².